The van der Waals surface area contributed by atoms with Crippen molar-refractivity contribution in [1.29, 1.82) is 0 Å². The number of carbonyl (C=O) groups is 1. The standard InChI is InChI=1S/C20H25N5O3/c26-20(22-15-6-7-17-18(11-15)28-10-9-27-17)25-8-2-1-3-16(25)19-23-21-13-24(19)12-14-4-5-14/h6-7,11,13-14,16H,1-5,8-10,12H2,(H,22,26). The average molecular weight is 383 g/mol. The molecule has 0 spiro atoms. The van der Waals surface area contributed by atoms with Gasteiger partial charge in [-0.25, -0.2) is 4.79 Å². The SMILES string of the molecule is O=C(Nc1ccc2c(c1)OCCO2)N1CCCCC1c1nncn1CC1CC1. The third-order valence-corrected chi connectivity index (χ3v) is 5.65. The van der Waals surface area contributed by atoms with Gasteiger partial charge >= 0.3 is 6.03 Å². The zero-order valence-electron chi connectivity index (χ0n) is 15.8. The molecule has 3 heterocycles. The van der Waals surface area contributed by atoms with Gasteiger partial charge in [0.25, 0.3) is 0 Å². The molecule has 8 nitrogen and oxygen atoms in total. The summed E-state index contributed by atoms with van der Waals surface area (Å²) in [4.78, 5) is 15.0. The van der Waals surface area contributed by atoms with Gasteiger partial charge in [-0.15, -0.1) is 10.2 Å². The van der Waals surface area contributed by atoms with Gasteiger partial charge < -0.3 is 24.3 Å². The van der Waals surface area contributed by atoms with Gasteiger partial charge in [-0.3, -0.25) is 0 Å². The molecule has 148 valence electrons. The Labute approximate surface area is 163 Å². The van der Waals surface area contributed by atoms with Crippen molar-refractivity contribution in [2.24, 2.45) is 5.92 Å². The second-order valence-electron chi connectivity index (χ2n) is 7.78. The van der Waals surface area contributed by atoms with E-state index in [0.717, 1.165) is 44.1 Å². The Morgan fingerprint density at radius 3 is 2.86 bits per heavy atom. The van der Waals surface area contributed by atoms with Gasteiger partial charge in [0.2, 0.25) is 0 Å². The molecule has 1 saturated heterocycles. The normalized spacial score (nSPS) is 21.4. The van der Waals surface area contributed by atoms with E-state index in [-0.39, 0.29) is 12.1 Å². The van der Waals surface area contributed by atoms with Crippen LogP contribution in [0.2, 0.25) is 0 Å². The number of nitrogens with zero attached hydrogens (tertiary/aromatic N) is 4. The maximum atomic E-state index is 13.1. The summed E-state index contributed by atoms with van der Waals surface area (Å²) in [6.07, 6.45) is 7.36. The highest BCUT2D eigenvalue weighted by Gasteiger charge is 2.33. The molecule has 0 radical (unpaired) electrons. The van der Waals surface area contributed by atoms with E-state index in [1.54, 1.807) is 6.33 Å². The number of hydrogen-bond donors (Lipinski definition) is 1. The molecule has 8 heteroatoms. The lowest BCUT2D eigenvalue weighted by Gasteiger charge is -2.35. The number of urea groups is 1. The van der Waals surface area contributed by atoms with Gasteiger partial charge in [0, 0.05) is 24.8 Å². The van der Waals surface area contributed by atoms with E-state index < -0.39 is 0 Å². The van der Waals surface area contributed by atoms with Crippen molar-refractivity contribution in [3.63, 3.8) is 0 Å². The van der Waals surface area contributed by atoms with Crippen LogP contribution in [0.25, 0.3) is 0 Å². The Kier molecular flexibility index (Phi) is 4.54. The largest absolute Gasteiger partial charge is 0.486 e. The summed E-state index contributed by atoms with van der Waals surface area (Å²) in [5, 5.41) is 11.5. The molecule has 2 amide bonds. The number of rotatable bonds is 4. The second kappa shape index (κ2) is 7.33. The summed E-state index contributed by atoms with van der Waals surface area (Å²) in [6, 6.07) is 5.36. The van der Waals surface area contributed by atoms with Crippen LogP contribution in [-0.2, 0) is 6.54 Å². The summed E-state index contributed by atoms with van der Waals surface area (Å²) in [7, 11) is 0. The molecule has 1 unspecified atom stereocenters. The maximum absolute atomic E-state index is 13.1. The number of anilines is 1. The number of aromatic nitrogens is 3. The van der Waals surface area contributed by atoms with E-state index in [1.165, 1.54) is 12.8 Å². The Morgan fingerprint density at radius 2 is 2.00 bits per heavy atom. The van der Waals surface area contributed by atoms with E-state index in [1.807, 2.05) is 23.1 Å². The number of ether oxygens (including phenoxy) is 2. The molecule has 0 bridgehead atoms. The first-order chi connectivity index (χ1) is 13.8. The minimum atomic E-state index is -0.109. The predicted octanol–water partition coefficient (Wildman–Crippen LogP) is 3.22. The van der Waals surface area contributed by atoms with Crippen LogP contribution in [0.15, 0.2) is 24.5 Å². The topological polar surface area (TPSA) is 81.5 Å². The maximum Gasteiger partial charge on any atom is 0.322 e. The average Bonchev–Trinajstić information content (AvgIpc) is 3.43. The number of amides is 2. The lowest BCUT2D eigenvalue weighted by atomic mass is 10.0. The molecule has 2 fully saturated rings. The molecular formula is C20H25N5O3. The van der Waals surface area contributed by atoms with Crippen molar-refractivity contribution >= 4 is 11.7 Å². The number of carbonyl (C=O) groups excluding carboxylic acids is 1. The fourth-order valence-electron chi connectivity index (χ4n) is 4.00. The smallest absolute Gasteiger partial charge is 0.322 e. The summed E-state index contributed by atoms with van der Waals surface area (Å²) in [6.45, 7) is 2.75. The van der Waals surface area contributed by atoms with Crippen LogP contribution < -0.4 is 14.8 Å². The van der Waals surface area contributed by atoms with Gasteiger partial charge in [-0.2, -0.15) is 0 Å². The second-order valence-corrected chi connectivity index (χ2v) is 7.78. The summed E-state index contributed by atoms with van der Waals surface area (Å²) in [5.74, 6) is 3.03. The van der Waals surface area contributed by atoms with Crippen LogP contribution in [0.4, 0.5) is 10.5 Å². The molecule has 1 saturated carbocycles. The molecule has 2 aliphatic heterocycles. The highest BCUT2D eigenvalue weighted by Crippen LogP contribution is 2.35. The molecule has 5 rings (SSSR count). The predicted molar refractivity (Wildman–Crippen MR) is 102 cm³/mol. The van der Waals surface area contributed by atoms with Crippen molar-refractivity contribution in [2.75, 3.05) is 25.1 Å². The lowest BCUT2D eigenvalue weighted by molar-refractivity contribution is 0.156. The Balaban J connectivity index is 1.33. The molecule has 3 aliphatic rings. The minimum Gasteiger partial charge on any atom is -0.486 e. The number of piperidine rings is 1. The molecule has 1 N–H and O–H groups in total. The first kappa shape index (κ1) is 17.3. The third kappa shape index (κ3) is 3.50. The van der Waals surface area contributed by atoms with Crippen LogP contribution >= 0.6 is 0 Å². The number of hydrogen-bond acceptors (Lipinski definition) is 5. The van der Waals surface area contributed by atoms with Crippen LogP contribution in [0.5, 0.6) is 11.5 Å². The molecule has 2 aromatic rings. The first-order valence-electron chi connectivity index (χ1n) is 10.1. The number of likely N-dealkylation sites (tertiary alicyclic amines) is 1. The molecule has 1 aliphatic carbocycles. The van der Waals surface area contributed by atoms with Crippen molar-refractivity contribution in [2.45, 2.75) is 44.7 Å². The molecule has 1 atom stereocenters. The lowest BCUT2D eigenvalue weighted by Crippen LogP contribution is -2.42. The first-order valence-corrected chi connectivity index (χ1v) is 10.1. The Hall–Kier alpha value is -2.77. The zero-order chi connectivity index (χ0) is 18.9. The van der Waals surface area contributed by atoms with Crippen LogP contribution in [0, 0.1) is 5.92 Å². The summed E-state index contributed by atoms with van der Waals surface area (Å²) < 4.78 is 13.3. The highest BCUT2D eigenvalue weighted by atomic mass is 16.6. The van der Waals surface area contributed by atoms with Crippen LogP contribution in [0.3, 0.4) is 0 Å². The number of benzene rings is 1. The minimum absolute atomic E-state index is 0.0350. The van der Waals surface area contributed by atoms with Gasteiger partial charge in [0.1, 0.15) is 19.5 Å². The zero-order valence-corrected chi connectivity index (χ0v) is 15.8. The van der Waals surface area contributed by atoms with Crippen molar-refractivity contribution in [3.05, 3.63) is 30.4 Å². The monoisotopic (exact) mass is 383 g/mol. The quantitative estimate of drug-likeness (QED) is 0.877. The highest BCUT2D eigenvalue weighted by molar-refractivity contribution is 5.90. The van der Waals surface area contributed by atoms with E-state index in [0.29, 0.717) is 30.4 Å². The molecular weight excluding hydrogens is 358 g/mol. The summed E-state index contributed by atoms with van der Waals surface area (Å²) >= 11 is 0. The van der Waals surface area contributed by atoms with Crippen LogP contribution in [-0.4, -0.2) is 45.5 Å². The van der Waals surface area contributed by atoms with Gasteiger partial charge in [0.15, 0.2) is 17.3 Å². The molecule has 1 aromatic carbocycles. The van der Waals surface area contributed by atoms with Crippen molar-refractivity contribution in [1.82, 2.24) is 19.7 Å². The van der Waals surface area contributed by atoms with E-state index in [2.05, 4.69) is 20.1 Å². The van der Waals surface area contributed by atoms with Gasteiger partial charge in [-0.1, -0.05) is 0 Å². The van der Waals surface area contributed by atoms with E-state index in [9.17, 15) is 4.79 Å². The third-order valence-electron chi connectivity index (χ3n) is 5.65. The molecule has 1 aromatic heterocycles. The van der Waals surface area contributed by atoms with Gasteiger partial charge in [-0.05, 0) is 50.2 Å². The van der Waals surface area contributed by atoms with E-state index in [4.69, 9.17) is 9.47 Å². The van der Waals surface area contributed by atoms with Crippen molar-refractivity contribution in [3.8, 4) is 11.5 Å². The fourth-order valence-corrected chi connectivity index (χ4v) is 4.00. The Morgan fingerprint density at radius 1 is 1.14 bits per heavy atom. The fraction of sp³-hybridized carbons (Fsp3) is 0.550. The summed E-state index contributed by atoms with van der Waals surface area (Å²) in [5.41, 5.74) is 0.707. The Bertz CT molecular complexity index is 863. The van der Waals surface area contributed by atoms with Crippen LogP contribution in [0.1, 0.15) is 44.0 Å². The molecule has 28 heavy (non-hydrogen) atoms. The number of fused-ring (bicyclic) bond motifs is 1. The number of nitrogens with one attached hydrogen (secondary N) is 1. The van der Waals surface area contributed by atoms with E-state index >= 15 is 0 Å². The van der Waals surface area contributed by atoms with Crippen molar-refractivity contribution < 1.29 is 14.3 Å². The van der Waals surface area contributed by atoms with Gasteiger partial charge in [0.05, 0.1) is 6.04 Å².